The number of piperazine rings is 1. The molecular formula is C17H19F3N6O2. The molecule has 2 saturated heterocycles. The highest BCUT2D eigenvalue weighted by molar-refractivity contribution is 5.38. The van der Waals surface area contributed by atoms with Gasteiger partial charge in [0.05, 0.1) is 14.2 Å². The molecule has 0 amide bonds. The predicted molar refractivity (Wildman–Crippen MR) is 92.1 cm³/mol. The average molecular weight is 396 g/mol. The first kappa shape index (κ1) is 18.7. The lowest BCUT2D eigenvalue weighted by molar-refractivity contribution is -0.141. The number of anilines is 1. The zero-order valence-corrected chi connectivity index (χ0v) is 15.3. The number of rotatable bonds is 5. The highest BCUT2D eigenvalue weighted by Crippen LogP contribution is 2.35. The molecule has 2 unspecified atom stereocenters. The molecule has 2 aromatic rings. The van der Waals surface area contributed by atoms with Crippen LogP contribution in [0.15, 0.2) is 18.3 Å². The first-order valence-electron chi connectivity index (χ1n) is 8.74. The molecular weight excluding hydrogens is 377 g/mol. The summed E-state index contributed by atoms with van der Waals surface area (Å²) in [4.78, 5) is 20.5. The van der Waals surface area contributed by atoms with Gasteiger partial charge < -0.3 is 14.4 Å². The summed E-state index contributed by atoms with van der Waals surface area (Å²) in [5.41, 5.74) is -0.112. The van der Waals surface area contributed by atoms with Crippen molar-refractivity contribution < 1.29 is 22.6 Å². The molecule has 0 N–H and O–H groups in total. The van der Waals surface area contributed by atoms with E-state index in [0.717, 1.165) is 31.1 Å². The maximum Gasteiger partial charge on any atom is 0.433 e. The summed E-state index contributed by atoms with van der Waals surface area (Å²) in [7, 11) is 2.96. The Hall–Kier alpha value is -2.69. The van der Waals surface area contributed by atoms with E-state index in [2.05, 4.69) is 29.7 Å². The number of hydrogen-bond donors (Lipinski definition) is 0. The van der Waals surface area contributed by atoms with E-state index in [9.17, 15) is 13.2 Å². The van der Waals surface area contributed by atoms with Crippen molar-refractivity contribution in [2.24, 2.45) is 0 Å². The molecule has 11 heteroatoms. The Balaban J connectivity index is 1.43. The molecule has 0 aliphatic carbocycles. The van der Waals surface area contributed by atoms with E-state index in [0.29, 0.717) is 12.5 Å². The Bertz CT molecular complexity index is 826. The second-order valence-electron chi connectivity index (χ2n) is 6.78. The van der Waals surface area contributed by atoms with Crippen molar-refractivity contribution in [2.45, 2.75) is 31.2 Å². The van der Waals surface area contributed by atoms with Gasteiger partial charge in [-0.1, -0.05) is 6.07 Å². The minimum Gasteiger partial charge on any atom is -0.467 e. The molecule has 0 radical (unpaired) electrons. The van der Waals surface area contributed by atoms with Crippen molar-refractivity contribution in [3.05, 3.63) is 29.6 Å². The van der Waals surface area contributed by atoms with E-state index in [-0.39, 0.29) is 24.1 Å². The van der Waals surface area contributed by atoms with Crippen LogP contribution in [0, 0.1) is 0 Å². The zero-order valence-electron chi connectivity index (χ0n) is 15.3. The van der Waals surface area contributed by atoms with Crippen LogP contribution in [0.4, 0.5) is 19.1 Å². The topological polar surface area (TPSA) is 76.5 Å². The van der Waals surface area contributed by atoms with E-state index in [1.165, 1.54) is 26.5 Å². The maximum atomic E-state index is 12.6. The summed E-state index contributed by atoms with van der Waals surface area (Å²) in [6.07, 6.45) is -2.18. The summed E-state index contributed by atoms with van der Waals surface area (Å²) in [6.45, 7) is 2.04. The van der Waals surface area contributed by atoms with Crippen molar-refractivity contribution >= 4 is 5.95 Å². The van der Waals surface area contributed by atoms with Gasteiger partial charge in [-0.25, -0.2) is 0 Å². The van der Waals surface area contributed by atoms with Gasteiger partial charge in [-0.3, -0.25) is 9.88 Å². The largest absolute Gasteiger partial charge is 0.467 e. The minimum atomic E-state index is -4.42. The lowest BCUT2D eigenvalue weighted by Gasteiger charge is -2.34. The van der Waals surface area contributed by atoms with Crippen LogP contribution in [-0.2, 0) is 12.7 Å². The lowest BCUT2D eigenvalue weighted by atomic mass is 10.2. The fourth-order valence-electron chi connectivity index (χ4n) is 3.75. The molecule has 2 aliphatic rings. The number of hydrogen-bond acceptors (Lipinski definition) is 8. The van der Waals surface area contributed by atoms with E-state index >= 15 is 0 Å². The van der Waals surface area contributed by atoms with Crippen LogP contribution in [-0.4, -0.2) is 64.2 Å². The van der Waals surface area contributed by atoms with E-state index in [4.69, 9.17) is 9.47 Å². The lowest BCUT2D eigenvalue weighted by Crippen LogP contribution is -2.46. The zero-order chi connectivity index (χ0) is 19.9. The number of likely N-dealkylation sites (tertiary alicyclic amines) is 1. The van der Waals surface area contributed by atoms with Crippen LogP contribution in [0.25, 0.3) is 0 Å². The van der Waals surface area contributed by atoms with Crippen molar-refractivity contribution in [3.63, 3.8) is 0 Å². The minimum absolute atomic E-state index is 0.192. The van der Waals surface area contributed by atoms with Crippen molar-refractivity contribution in [2.75, 3.05) is 32.2 Å². The molecule has 0 spiro atoms. The third kappa shape index (κ3) is 3.53. The highest BCUT2D eigenvalue weighted by atomic mass is 19.4. The molecule has 2 bridgehead atoms. The second kappa shape index (κ2) is 7.04. The summed E-state index contributed by atoms with van der Waals surface area (Å²) < 4.78 is 48.1. The molecule has 2 aliphatic heterocycles. The summed E-state index contributed by atoms with van der Waals surface area (Å²) in [5.74, 6) is 0.507. The van der Waals surface area contributed by atoms with Gasteiger partial charge >= 0.3 is 18.2 Å². The van der Waals surface area contributed by atoms with Crippen LogP contribution in [0.2, 0.25) is 0 Å². The standard InChI is InChI=1S/C17H19F3N6O2/c1-27-15-22-14(23-16(24-15)28-2)26-9-11-5-12(26)8-25(11)7-10-3-4-13(21-6-10)17(18,19)20/h3-4,6,11-12H,5,7-9H2,1-2H3. The number of aromatic nitrogens is 4. The van der Waals surface area contributed by atoms with Crippen molar-refractivity contribution in [1.29, 1.82) is 0 Å². The van der Waals surface area contributed by atoms with Crippen LogP contribution in [0.1, 0.15) is 17.7 Å². The normalized spacial score (nSPS) is 22.0. The van der Waals surface area contributed by atoms with E-state index in [1.807, 2.05) is 0 Å². The van der Waals surface area contributed by atoms with Gasteiger partial charge in [0.25, 0.3) is 0 Å². The molecule has 28 heavy (non-hydrogen) atoms. The van der Waals surface area contributed by atoms with Gasteiger partial charge in [0, 0.05) is 37.9 Å². The number of ether oxygens (including phenoxy) is 2. The number of nitrogens with zero attached hydrogens (tertiary/aromatic N) is 6. The van der Waals surface area contributed by atoms with E-state index < -0.39 is 11.9 Å². The van der Waals surface area contributed by atoms with Gasteiger partial charge in [-0.2, -0.15) is 23.1 Å². The molecule has 2 atom stereocenters. The molecule has 2 aromatic heterocycles. The van der Waals surface area contributed by atoms with Gasteiger partial charge in [0.15, 0.2) is 0 Å². The SMILES string of the molecule is COc1nc(OC)nc(N2CC3CC2CN3Cc2ccc(C(F)(F)F)nc2)n1. The highest BCUT2D eigenvalue weighted by Gasteiger charge is 2.44. The summed E-state index contributed by atoms with van der Waals surface area (Å²) in [5, 5.41) is 0. The van der Waals surface area contributed by atoms with Crippen LogP contribution < -0.4 is 14.4 Å². The van der Waals surface area contributed by atoms with Crippen LogP contribution >= 0.6 is 0 Å². The van der Waals surface area contributed by atoms with Crippen LogP contribution in [0.3, 0.4) is 0 Å². The predicted octanol–water partition coefficient (Wildman–Crippen LogP) is 1.77. The number of alkyl halides is 3. The molecule has 0 aromatic carbocycles. The first-order valence-corrected chi connectivity index (χ1v) is 8.74. The molecule has 0 saturated carbocycles. The number of halogens is 3. The van der Waals surface area contributed by atoms with Gasteiger partial charge in [0.1, 0.15) is 5.69 Å². The third-order valence-corrected chi connectivity index (χ3v) is 5.06. The fraction of sp³-hybridized carbons (Fsp3) is 0.529. The van der Waals surface area contributed by atoms with Crippen molar-refractivity contribution in [1.82, 2.24) is 24.8 Å². The Morgan fingerprint density at radius 2 is 1.75 bits per heavy atom. The Morgan fingerprint density at radius 1 is 1.04 bits per heavy atom. The Morgan fingerprint density at radius 3 is 2.25 bits per heavy atom. The number of pyridine rings is 1. The second-order valence-corrected chi connectivity index (χ2v) is 6.78. The maximum absolute atomic E-state index is 12.6. The van der Waals surface area contributed by atoms with Crippen LogP contribution in [0.5, 0.6) is 12.0 Å². The Labute approximate surface area is 159 Å². The monoisotopic (exact) mass is 396 g/mol. The first-order chi connectivity index (χ1) is 13.4. The molecule has 8 nitrogen and oxygen atoms in total. The number of fused-ring (bicyclic) bond motifs is 2. The number of methoxy groups -OCH3 is 2. The Kier molecular flexibility index (Phi) is 4.69. The summed E-state index contributed by atoms with van der Waals surface area (Å²) >= 11 is 0. The quantitative estimate of drug-likeness (QED) is 0.757. The average Bonchev–Trinajstić information content (AvgIpc) is 3.27. The fourth-order valence-corrected chi connectivity index (χ4v) is 3.75. The van der Waals surface area contributed by atoms with Gasteiger partial charge in [-0.05, 0) is 18.1 Å². The molecule has 2 fully saturated rings. The summed E-state index contributed by atoms with van der Waals surface area (Å²) in [6, 6.07) is 3.38. The van der Waals surface area contributed by atoms with E-state index in [1.54, 1.807) is 0 Å². The third-order valence-electron chi connectivity index (χ3n) is 5.06. The molecule has 4 rings (SSSR count). The van der Waals surface area contributed by atoms with Gasteiger partial charge in [0.2, 0.25) is 5.95 Å². The van der Waals surface area contributed by atoms with Gasteiger partial charge in [-0.15, -0.1) is 4.98 Å². The molecule has 4 heterocycles. The van der Waals surface area contributed by atoms with Crippen molar-refractivity contribution in [3.8, 4) is 12.0 Å². The smallest absolute Gasteiger partial charge is 0.433 e. The molecule has 150 valence electrons.